The molecule has 0 bridgehead atoms. The highest BCUT2D eigenvalue weighted by atomic mass is 32.2. The Bertz CT molecular complexity index is 697. The zero-order chi connectivity index (χ0) is 16.0. The first-order valence-electron chi connectivity index (χ1n) is 6.89. The number of hydrogen-bond donors (Lipinski definition) is 1. The van der Waals surface area contributed by atoms with Crippen LogP contribution in [0, 0.1) is 5.82 Å². The number of aryl methyl sites for hydroxylation is 1. The van der Waals surface area contributed by atoms with Gasteiger partial charge in [-0.1, -0.05) is 12.1 Å². The van der Waals surface area contributed by atoms with Crippen LogP contribution in [0.2, 0.25) is 0 Å². The molecule has 0 aliphatic rings. The molecule has 0 fully saturated rings. The highest BCUT2D eigenvalue weighted by molar-refractivity contribution is 7.89. The lowest BCUT2D eigenvalue weighted by molar-refractivity contribution is 0.414. The van der Waals surface area contributed by atoms with Crippen LogP contribution in [0.5, 0.6) is 5.75 Å². The number of benzene rings is 2. The fourth-order valence-electron chi connectivity index (χ4n) is 1.99. The van der Waals surface area contributed by atoms with E-state index in [1.54, 1.807) is 24.3 Å². The van der Waals surface area contributed by atoms with Crippen molar-refractivity contribution in [2.45, 2.75) is 17.7 Å². The number of methoxy groups -OCH3 is 1. The van der Waals surface area contributed by atoms with Crippen molar-refractivity contribution in [3.05, 3.63) is 59.9 Å². The van der Waals surface area contributed by atoms with Crippen LogP contribution >= 0.6 is 0 Å². The van der Waals surface area contributed by atoms with Gasteiger partial charge in [0.05, 0.1) is 12.0 Å². The number of halogens is 1. The molecule has 4 nitrogen and oxygen atoms in total. The molecular weight excluding hydrogens is 305 g/mol. The summed E-state index contributed by atoms with van der Waals surface area (Å²) in [5.41, 5.74) is 0.977. The van der Waals surface area contributed by atoms with E-state index >= 15 is 0 Å². The Morgan fingerprint density at radius 3 is 2.27 bits per heavy atom. The fourth-order valence-corrected chi connectivity index (χ4v) is 3.06. The summed E-state index contributed by atoms with van der Waals surface area (Å²) < 4.78 is 44.5. The normalized spacial score (nSPS) is 11.4. The Kier molecular flexibility index (Phi) is 5.51. The lowest BCUT2D eigenvalue weighted by atomic mass is 10.1. The van der Waals surface area contributed by atoms with Gasteiger partial charge in [0.25, 0.3) is 0 Å². The highest BCUT2D eigenvalue weighted by Gasteiger charge is 2.12. The third kappa shape index (κ3) is 4.54. The molecule has 2 rings (SSSR count). The maximum Gasteiger partial charge on any atom is 0.240 e. The van der Waals surface area contributed by atoms with Gasteiger partial charge in [-0.15, -0.1) is 0 Å². The van der Waals surface area contributed by atoms with Crippen molar-refractivity contribution in [2.24, 2.45) is 0 Å². The van der Waals surface area contributed by atoms with Gasteiger partial charge in [-0.2, -0.15) is 0 Å². The number of hydrogen-bond acceptors (Lipinski definition) is 3. The zero-order valence-electron chi connectivity index (χ0n) is 12.3. The van der Waals surface area contributed by atoms with E-state index in [0.717, 1.165) is 5.56 Å². The van der Waals surface area contributed by atoms with Gasteiger partial charge in [0.2, 0.25) is 10.0 Å². The van der Waals surface area contributed by atoms with Crippen LogP contribution < -0.4 is 9.46 Å². The minimum atomic E-state index is -3.51. The van der Waals surface area contributed by atoms with Gasteiger partial charge in [0.15, 0.2) is 0 Å². The van der Waals surface area contributed by atoms with E-state index < -0.39 is 10.0 Å². The van der Waals surface area contributed by atoms with E-state index in [9.17, 15) is 12.8 Å². The lowest BCUT2D eigenvalue weighted by Gasteiger charge is -2.07. The van der Waals surface area contributed by atoms with Crippen LogP contribution in [0.25, 0.3) is 0 Å². The zero-order valence-corrected chi connectivity index (χ0v) is 13.1. The van der Waals surface area contributed by atoms with Crippen LogP contribution in [-0.2, 0) is 16.4 Å². The standard InChI is InChI=1S/C16H18FNO3S/c1-21-15-8-10-16(11-9-15)22(19,20)18-12-2-3-13-4-6-14(17)7-5-13/h4-11,18H,2-3,12H2,1H3. The molecule has 6 heteroatoms. The Morgan fingerprint density at radius 1 is 1.05 bits per heavy atom. The Labute approximate surface area is 130 Å². The van der Waals surface area contributed by atoms with Crippen molar-refractivity contribution < 1.29 is 17.5 Å². The Balaban J connectivity index is 1.85. The van der Waals surface area contributed by atoms with Gasteiger partial charge >= 0.3 is 0 Å². The van der Waals surface area contributed by atoms with E-state index in [4.69, 9.17) is 4.74 Å². The Hall–Kier alpha value is -1.92. The maximum atomic E-state index is 12.8. The van der Waals surface area contributed by atoms with E-state index in [1.165, 1.54) is 31.4 Å². The topological polar surface area (TPSA) is 55.4 Å². The molecule has 0 aromatic heterocycles. The molecule has 0 radical (unpaired) electrons. The summed E-state index contributed by atoms with van der Waals surface area (Å²) >= 11 is 0. The quantitative estimate of drug-likeness (QED) is 0.797. The summed E-state index contributed by atoms with van der Waals surface area (Å²) in [5, 5.41) is 0. The average Bonchev–Trinajstić information content (AvgIpc) is 2.53. The minimum Gasteiger partial charge on any atom is -0.497 e. The van der Waals surface area contributed by atoms with Crippen molar-refractivity contribution in [1.29, 1.82) is 0 Å². The Morgan fingerprint density at radius 2 is 1.68 bits per heavy atom. The van der Waals surface area contributed by atoms with Gasteiger partial charge in [-0.05, 0) is 54.8 Å². The predicted octanol–water partition coefficient (Wildman–Crippen LogP) is 2.75. The summed E-state index contributed by atoms with van der Waals surface area (Å²) in [4.78, 5) is 0.204. The molecule has 2 aromatic carbocycles. The number of nitrogens with one attached hydrogen (secondary N) is 1. The third-order valence-electron chi connectivity index (χ3n) is 3.22. The molecule has 1 N–H and O–H groups in total. The summed E-state index contributed by atoms with van der Waals surface area (Å²) in [6.07, 6.45) is 1.33. The van der Waals surface area contributed by atoms with Crippen molar-refractivity contribution >= 4 is 10.0 Å². The van der Waals surface area contributed by atoms with Crippen LogP contribution in [0.15, 0.2) is 53.4 Å². The monoisotopic (exact) mass is 323 g/mol. The molecule has 22 heavy (non-hydrogen) atoms. The van der Waals surface area contributed by atoms with Gasteiger partial charge in [0, 0.05) is 6.54 Å². The van der Waals surface area contributed by atoms with Crippen LogP contribution in [-0.4, -0.2) is 22.1 Å². The first-order chi connectivity index (χ1) is 10.5. The molecule has 0 aliphatic carbocycles. The van der Waals surface area contributed by atoms with E-state index in [0.29, 0.717) is 25.1 Å². The molecule has 0 heterocycles. The summed E-state index contributed by atoms with van der Waals surface area (Å²) in [6, 6.07) is 12.4. The lowest BCUT2D eigenvalue weighted by Crippen LogP contribution is -2.25. The predicted molar refractivity (Wildman–Crippen MR) is 82.9 cm³/mol. The summed E-state index contributed by atoms with van der Waals surface area (Å²) in [7, 11) is -1.99. The molecule has 0 unspecified atom stereocenters. The molecule has 0 saturated carbocycles. The summed E-state index contributed by atoms with van der Waals surface area (Å²) in [6.45, 7) is 0.325. The minimum absolute atomic E-state index is 0.204. The maximum absolute atomic E-state index is 12.8. The number of sulfonamides is 1. The molecule has 2 aromatic rings. The summed E-state index contributed by atoms with van der Waals surface area (Å²) in [5.74, 6) is 0.333. The van der Waals surface area contributed by atoms with Crippen molar-refractivity contribution in [3.63, 3.8) is 0 Å². The van der Waals surface area contributed by atoms with Crippen LogP contribution in [0.1, 0.15) is 12.0 Å². The highest BCUT2D eigenvalue weighted by Crippen LogP contribution is 2.15. The SMILES string of the molecule is COc1ccc(S(=O)(=O)NCCCc2ccc(F)cc2)cc1. The molecular formula is C16H18FNO3S. The largest absolute Gasteiger partial charge is 0.497 e. The molecule has 118 valence electrons. The average molecular weight is 323 g/mol. The van der Waals surface area contributed by atoms with Crippen LogP contribution in [0.3, 0.4) is 0 Å². The van der Waals surface area contributed by atoms with Crippen molar-refractivity contribution in [3.8, 4) is 5.75 Å². The molecule has 0 aliphatic heterocycles. The molecule has 0 amide bonds. The fraction of sp³-hybridized carbons (Fsp3) is 0.250. The second-order valence-electron chi connectivity index (χ2n) is 4.80. The van der Waals surface area contributed by atoms with Crippen LogP contribution in [0.4, 0.5) is 4.39 Å². The smallest absolute Gasteiger partial charge is 0.240 e. The van der Waals surface area contributed by atoms with Gasteiger partial charge in [-0.3, -0.25) is 0 Å². The van der Waals surface area contributed by atoms with E-state index in [-0.39, 0.29) is 10.7 Å². The van der Waals surface area contributed by atoms with Gasteiger partial charge in [0.1, 0.15) is 11.6 Å². The van der Waals surface area contributed by atoms with Crippen molar-refractivity contribution in [1.82, 2.24) is 4.72 Å². The van der Waals surface area contributed by atoms with Gasteiger partial charge < -0.3 is 4.74 Å². The molecule has 0 saturated heterocycles. The van der Waals surface area contributed by atoms with Gasteiger partial charge in [-0.25, -0.2) is 17.5 Å². The number of rotatable bonds is 7. The number of ether oxygens (including phenoxy) is 1. The second-order valence-corrected chi connectivity index (χ2v) is 6.57. The first-order valence-corrected chi connectivity index (χ1v) is 8.38. The molecule has 0 spiro atoms. The van der Waals surface area contributed by atoms with Crippen molar-refractivity contribution in [2.75, 3.05) is 13.7 Å². The second kappa shape index (κ2) is 7.38. The van der Waals surface area contributed by atoms with E-state index in [2.05, 4.69) is 4.72 Å². The first kappa shape index (κ1) is 16.5. The molecule has 0 atom stereocenters. The third-order valence-corrected chi connectivity index (χ3v) is 4.69. The van der Waals surface area contributed by atoms with E-state index in [1.807, 2.05) is 0 Å².